The van der Waals surface area contributed by atoms with E-state index >= 15 is 0 Å². The number of aromatic nitrogens is 1. The number of nitrogens with two attached hydrogens (primary N) is 2. The highest BCUT2D eigenvalue weighted by atomic mass is 16.6. The maximum atomic E-state index is 14.0. The Bertz CT molecular complexity index is 1560. The Kier molecular flexibility index (Phi) is 13.5. The molecule has 2 unspecified atom stereocenters. The van der Waals surface area contributed by atoms with Gasteiger partial charge in [0, 0.05) is 43.0 Å². The fraction of sp³-hybridized carbons (Fsp3) is 0.545. The van der Waals surface area contributed by atoms with Gasteiger partial charge in [-0.05, 0) is 50.2 Å². The molecule has 0 saturated carbocycles. The van der Waals surface area contributed by atoms with Crippen LogP contribution in [0.2, 0.25) is 0 Å². The van der Waals surface area contributed by atoms with Gasteiger partial charge in [-0.3, -0.25) is 28.8 Å². The fourth-order valence-corrected chi connectivity index (χ4v) is 6.01. The van der Waals surface area contributed by atoms with Crippen molar-refractivity contribution in [2.75, 3.05) is 26.8 Å². The molecule has 9 N–H and O–H groups in total. The first-order valence-corrected chi connectivity index (χ1v) is 16.7. The summed E-state index contributed by atoms with van der Waals surface area (Å²) in [6.07, 6.45) is 3.35. The Morgan fingerprint density at radius 1 is 1.00 bits per heavy atom. The predicted molar refractivity (Wildman–Crippen MR) is 179 cm³/mol. The molecule has 7 amide bonds. The number of carbonyl (C=O) groups is 7. The zero-order chi connectivity index (χ0) is 36.2. The van der Waals surface area contributed by atoms with Crippen LogP contribution in [0.1, 0.15) is 56.9 Å². The SMILES string of the molecule is COC(=O)CC[C@H](NC(=O)CC1CO1)C(=O)N1CCCC[C@H]1C(=O)NC(Cc1c[nH]c2ccccc12)C(=O)N[C@@H](CCCNC(N)=O)C(N)=O. The quantitative estimate of drug-likeness (QED) is 0.0584. The molecule has 2 fully saturated rings. The van der Waals surface area contributed by atoms with E-state index in [4.69, 9.17) is 20.9 Å². The number of nitrogens with zero attached hydrogens (tertiary/aromatic N) is 1. The zero-order valence-electron chi connectivity index (χ0n) is 28.0. The van der Waals surface area contributed by atoms with Gasteiger partial charge in [-0.25, -0.2) is 4.79 Å². The number of piperidine rings is 1. The van der Waals surface area contributed by atoms with E-state index in [9.17, 15) is 33.6 Å². The van der Waals surface area contributed by atoms with Gasteiger partial charge in [0.2, 0.25) is 29.5 Å². The van der Waals surface area contributed by atoms with Gasteiger partial charge < -0.3 is 52.1 Å². The van der Waals surface area contributed by atoms with Gasteiger partial charge in [-0.15, -0.1) is 0 Å². The second-order valence-electron chi connectivity index (χ2n) is 12.5. The van der Waals surface area contributed by atoms with Crippen LogP contribution in [0.25, 0.3) is 10.9 Å². The number of nitrogens with one attached hydrogen (secondary N) is 5. The third kappa shape index (κ3) is 10.9. The van der Waals surface area contributed by atoms with Crippen molar-refractivity contribution in [3.05, 3.63) is 36.0 Å². The maximum absolute atomic E-state index is 14.0. The Hall–Kier alpha value is -5.19. The molecule has 1 aromatic carbocycles. The molecule has 2 saturated heterocycles. The number of amides is 7. The molecule has 4 rings (SSSR count). The number of rotatable bonds is 18. The van der Waals surface area contributed by atoms with E-state index in [2.05, 4.69) is 26.3 Å². The molecule has 17 heteroatoms. The average Bonchev–Trinajstić information content (AvgIpc) is 3.82. The van der Waals surface area contributed by atoms with E-state index in [1.165, 1.54) is 12.0 Å². The summed E-state index contributed by atoms with van der Waals surface area (Å²) in [5.74, 6) is -3.57. The largest absolute Gasteiger partial charge is 0.469 e. The zero-order valence-corrected chi connectivity index (χ0v) is 28.0. The van der Waals surface area contributed by atoms with Crippen molar-refractivity contribution < 1.29 is 43.0 Å². The van der Waals surface area contributed by atoms with E-state index in [1.807, 2.05) is 24.3 Å². The number of hydrogen-bond acceptors (Lipinski definition) is 9. The van der Waals surface area contributed by atoms with E-state index in [-0.39, 0.29) is 57.7 Å². The number of aromatic amines is 1. The minimum absolute atomic E-state index is 0.0390. The number of primary amides is 2. The van der Waals surface area contributed by atoms with E-state index < -0.39 is 65.7 Å². The van der Waals surface area contributed by atoms with Crippen molar-refractivity contribution in [3.8, 4) is 0 Å². The van der Waals surface area contributed by atoms with Crippen molar-refractivity contribution in [1.29, 1.82) is 0 Å². The van der Waals surface area contributed by atoms with Gasteiger partial charge in [0.1, 0.15) is 24.2 Å². The lowest BCUT2D eigenvalue weighted by Crippen LogP contribution is -2.60. The highest BCUT2D eigenvalue weighted by molar-refractivity contribution is 5.96. The first-order chi connectivity index (χ1) is 24.0. The molecule has 0 radical (unpaired) electrons. The molecular weight excluding hydrogens is 652 g/mol. The number of ether oxygens (including phenoxy) is 2. The summed E-state index contributed by atoms with van der Waals surface area (Å²) < 4.78 is 9.85. The maximum Gasteiger partial charge on any atom is 0.312 e. The van der Waals surface area contributed by atoms with E-state index in [0.29, 0.717) is 25.9 Å². The topological polar surface area (TPSA) is 260 Å². The standard InChI is InChI=1S/C33H46N8O9/c1-49-28(43)12-11-24(38-27(42)16-20-18-50-20)32(47)41-14-5-4-10-26(41)31(46)40-25(15-19-17-37-22-8-3-2-7-21(19)22)30(45)39-23(29(34)44)9-6-13-36-33(35)48/h2-3,7-8,17,20,23-26,37H,4-6,9-16,18H2,1H3,(H2,34,44)(H,38,42)(H,39,45)(H,40,46)(H3,35,36,48)/t20?,23-,24-,25?,26-/m0/s1. The molecule has 0 bridgehead atoms. The Balaban J connectivity index is 1.53. The van der Waals surface area contributed by atoms with Crippen LogP contribution in [0.4, 0.5) is 4.79 Å². The molecule has 5 atom stereocenters. The number of carbonyl (C=O) groups excluding carboxylic acids is 7. The van der Waals surface area contributed by atoms with Gasteiger partial charge in [0.25, 0.3) is 0 Å². The van der Waals surface area contributed by atoms with Crippen molar-refractivity contribution in [3.63, 3.8) is 0 Å². The summed E-state index contributed by atoms with van der Waals surface area (Å²) in [7, 11) is 1.23. The number of hydrogen-bond donors (Lipinski definition) is 7. The first kappa shape index (κ1) is 37.6. The monoisotopic (exact) mass is 698 g/mol. The number of benzene rings is 1. The van der Waals surface area contributed by atoms with Gasteiger partial charge in [-0.1, -0.05) is 18.2 Å². The second-order valence-corrected chi connectivity index (χ2v) is 12.5. The minimum Gasteiger partial charge on any atom is -0.469 e. The van der Waals surface area contributed by atoms with Crippen molar-refractivity contribution >= 4 is 52.4 Å². The summed E-state index contributed by atoms with van der Waals surface area (Å²) in [4.78, 5) is 94.2. The third-order valence-corrected chi connectivity index (χ3v) is 8.76. The molecule has 0 aliphatic carbocycles. The first-order valence-electron chi connectivity index (χ1n) is 16.7. The summed E-state index contributed by atoms with van der Waals surface area (Å²) in [5, 5.41) is 11.4. The fourth-order valence-electron chi connectivity index (χ4n) is 6.01. The number of urea groups is 1. The van der Waals surface area contributed by atoms with Crippen molar-refractivity contribution in [2.45, 2.75) is 88.1 Å². The molecule has 2 aliphatic heterocycles. The van der Waals surface area contributed by atoms with Crippen LogP contribution < -0.4 is 32.7 Å². The third-order valence-electron chi connectivity index (χ3n) is 8.76. The van der Waals surface area contributed by atoms with Crippen molar-refractivity contribution in [1.82, 2.24) is 31.2 Å². The molecule has 3 heterocycles. The van der Waals surface area contributed by atoms with E-state index in [0.717, 1.165) is 16.5 Å². The Morgan fingerprint density at radius 3 is 2.46 bits per heavy atom. The average molecular weight is 699 g/mol. The molecule has 1 aromatic heterocycles. The van der Waals surface area contributed by atoms with Crippen LogP contribution in [-0.4, -0.2) is 108 Å². The van der Waals surface area contributed by atoms with Crippen LogP contribution in [-0.2, 0) is 44.7 Å². The van der Waals surface area contributed by atoms with Gasteiger partial charge in [0.05, 0.1) is 26.2 Å². The number of para-hydroxylation sites is 1. The highest BCUT2D eigenvalue weighted by Crippen LogP contribution is 2.22. The molecule has 17 nitrogen and oxygen atoms in total. The van der Waals surface area contributed by atoms with Gasteiger partial charge >= 0.3 is 12.0 Å². The summed E-state index contributed by atoms with van der Waals surface area (Å²) >= 11 is 0. The lowest BCUT2D eigenvalue weighted by molar-refractivity contribution is -0.147. The van der Waals surface area contributed by atoms with Gasteiger partial charge in [0.15, 0.2) is 0 Å². The molecule has 272 valence electrons. The number of H-pyrrole nitrogens is 1. The number of fused-ring (bicyclic) bond motifs is 1. The Morgan fingerprint density at radius 2 is 1.76 bits per heavy atom. The molecule has 0 spiro atoms. The van der Waals surface area contributed by atoms with Crippen LogP contribution in [0.3, 0.4) is 0 Å². The Labute approximate surface area is 288 Å². The minimum atomic E-state index is -1.18. The normalized spacial score (nSPS) is 18.6. The number of methoxy groups -OCH3 is 1. The van der Waals surface area contributed by atoms with Crippen LogP contribution in [0.15, 0.2) is 30.5 Å². The van der Waals surface area contributed by atoms with Crippen LogP contribution in [0.5, 0.6) is 0 Å². The highest BCUT2D eigenvalue weighted by Gasteiger charge is 2.38. The van der Waals surface area contributed by atoms with Gasteiger partial charge in [-0.2, -0.15) is 0 Å². The smallest absolute Gasteiger partial charge is 0.312 e. The molecule has 2 aromatic rings. The number of esters is 1. The lowest BCUT2D eigenvalue weighted by atomic mass is 9.97. The summed E-state index contributed by atoms with van der Waals surface area (Å²) in [5.41, 5.74) is 12.2. The second kappa shape index (κ2) is 18.0. The van der Waals surface area contributed by atoms with Crippen LogP contribution in [0, 0.1) is 0 Å². The van der Waals surface area contributed by atoms with Crippen molar-refractivity contribution in [2.24, 2.45) is 11.5 Å². The summed E-state index contributed by atoms with van der Waals surface area (Å²) in [6.45, 7) is 0.823. The lowest BCUT2D eigenvalue weighted by Gasteiger charge is -2.37. The molecule has 2 aliphatic rings. The number of likely N-dealkylation sites (tertiary alicyclic amines) is 1. The molecular formula is C33H46N8O9. The molecule has 50 heavy (non-hydrogen) atoms. The number of epoxide rings is 1. The van der Waals surface area contributed by atoms with Crippen LogP contribution >= 0.6 is 0 Å². The summed E-state index contributed by atoms with van der Waals surface area (Å²) in [6, 6.07) is 2.34. The van der Waals surface area contributed by atoms with E-state index in [1.54, 1.807) is 6.20 Å². The predicted octanol–water partition coefficient (Wildman–Crippen LogP) is -0.778.